The number of ketones is 2. The summed E-state index contributed by atoms with van der Waals surface area (Å²) in [6.45, 7) is 2.21. The van der Waals surface area contributed by atoms with E-state index in [0.29, 0.717) is 4.88 Å². The second kappa shape index (κ2) is 11.7. The maximum absolute atomic E-state index is 12.0. The van der Waals surface area contributed by atoms with E-state index >= 15 is 0 Å². The van der Waals surface area contributed by atoms with Crippen LogP contribution in [-0.4, -0.2) is 50.2 Å². The number of thiophene rings is 1. The van der Waals surface area contributed by atoms with Crippen LogP contribution in [0.2, 0.25) is 0 Å². The number of anilines is 1. The van der Waals surface area contributed by atoms with Crippen molar-refractivity contribution < 1.29 is 27.7 Å². The van der Waals surface area contributed by atoms with Crippen molar-refractivity contribution in [1.29, 1.82) is 0 Å². The highest BCUT2D eigenvalue weighted by Gasteiger charge is 2.18. The van der Waals surface area contributed by atoms with Crippen molar-refractivity contribution in [3.63, 3.8) is 0 Å². The number of carbonyl (C=O) groups is 3. The maximum Gasteiger partial charge on any atom is 0.293 e. The van der Waals surface area contributed by atoms with Crippen molar-refractivity contribution in [2.45, 2.75) is 37.5 Å². The van der Waals surface area contributed by atoms with Crippen LogP contribution in [0.25, 0.3) is 0 Å². The average Bonchev–Trinajstić information content (AvgIpc) is 3.19. The van der Waals surface area contributed by atoms with E-state index < -0.39 is 14.8 Å². The van der Waals surface area contributed by atoms with Gasteiger partial charge in [-0.25, -0.2) is 8.42 Å². The van der Waals surface area contributed by atoms with E-state index in [1.807, 2.05) is 13.0 Å². The summed E-state index contributed by atoms with van der Waals surface area (Å²) in [5.41, 5.74) is -0.260. The molecule has 0 spiro atoms. The van der Waals surface area contributed by atoms with Gasteiger partial charge in [0.2, 0.25) is 5.91 Å². The van der Waals surface area contributed by atoms with Crippen LogP contribution >= 0.6 is 11.3 Å². The second-order valence-corrected chi connectivity index (χ2v) is 10.7. The van der Waals surface area contributed by atoms with Gasteiger partial charge in [0, 0.05) is 56.0 Å². The molecule has 0 saturated heterocycles. The van der Waals surface area contributed by atoms with Gasteiger partial charge >= 0.3 is 0 Å². The Morgan fingerprint density at radius 3 is 2.33 bits per heavy atom. The molecule has 0 aliphatic heterocycles. The smallest absolute Gasteiger partial charge is 0.293 e. The number of nitrogens with zero attached hydrogens (tertiary/aromatic N) is 1. The molecule has 0 aliphatic rings. The number of nitro groups is 1. The predicted octanol–water partition coefficient (Wildman–Crippen LogP) is 2.91. The molecule has 0 aliphatic carbocycles. The molecular weight excluding hydrogens is 470 g/mol. The number of hydrogen-bond acceptors (Lipinski definition) is 9. The van der Waals surface area contributed by atoms with Crippen molar-refractivity contribution >= 4 is 50.0 Å². The monoisotopic (exact) mass is 495 g/mol. The number of hydrogen-bond donors (Lipinski definition) is 2. The molecule has 0 atom stereocenters. The summed E-state index contributed by atoms with van der Waals surface area (Å²) in [5.74, 6) is -0.616. The number of amides is 1. The number of benzene rings is 1. The summed E-state index contributed by atoms with van der Waals surface area (Å²) in [5, 5.41) is 16.6. The molecule has 1 heterocycles. The van der Waals surface area contributed by atoms with Gasteiger partial charge in [-0.3, -0.25) is 24.5 Å². The molecule has 1 aromatic heterocycles. The fourth-order valence-corrected chi connectivity index (χ4v) is 4.34. The normalized spacial score (nSPS) is 11.1. The average molecular weight is 496 g/mol. The van der Waals surface area contributed by atoms with Crippen LogP contribution in [0.15, 0.2) is 35.2 Å². The van der Waals surface area contributed by atoms with Crippen LogP contribution in [0, 0.1) is 17.0 Å². The number of nitro benzene ring substituents is 1. The third kappa shape index (κ3) is 8.39. The van der Waals surface area contributed by atoms with E-state index in [1.54, 1.807) is 6.07 Å². The van der Waals surface area contributed by atoms with Crippen LogP contribution < -0.4 is 10.6 Å². The molecule has 0 unspecified atom stereocenters. The first-order valence-corrected chi connectivity index (χ1v) is 12.8. The van der Waals surface area contributed by atoms with Crippen molar-refractivity contribution in [3.8, 4) is 0 Å². The number of Topliss-reactive ketones (excluding diaryl/α,β-unsaturated/α-hetero) is 2. The van der Waals surface area contributed by atoms with Gasteiger partial charge in [0.25, 0.3) is 5.69 Å². The van der Waals surface area contributed by atoms with E-state index in [2.05, 4.69) is 10.6 Å². The van der Waals surface area contributed by atoms with E-state index in [4.69, 9.17) is 0 Å². The van der Waals surface area contributed by atoms with Crippen molar-refractivity contribution in [2.75, 3.05) is 24.7 Å². The third-order valence-electron chi connectivity index (χ3n) is 4.63. The fraction of sp³-hybridized carbons (Fsp3) is 0.381. The minimum Gasteiger partial charge on any atom is -0.378 e. The van der Waals surface area contributed by atoms with Crippen LogP contribution in [0.3, 0.4) is 0 Å². The Kier molecular flexibility index (Phi) is 9.23. The molecular formula is C21H25N3O7S2. The zero-order valence-corrected chi connectivity index (χ0v) is 19.9. The summed E-state index contributed by atoms with van der Waals surface area (Å²) >= 11 is 1.38. The summed E-state index contributed by atoms with van der Waals surface area (Å²) in [6, 6.07) is 7.13. The van der Waals surface area contributed by atoms with Gasteiger partial charge in [0.1, 0.15) is 11.5 Å². The Morgan fingerprint density at radius 1 is 1.03 bits per heavy atom. The van der Waals surface area contributed by atoms with Crippen molar-refractivity contribution in [1.82, 2.24) is 5.32 Å². The van der Waals surface area contributed by atoms with Crippen LogP contribution in [-0.2, 0) is 19.4 Å². The zero-order valence-electron chi connectivity index (χ0n) is 18.3. The van der Waals surface area contributed by atoms with E-state index in [9.17, 15) is 32.9 Å². The molecule has 0 bridgehead atoms. The molecule has 1 aromatic carbocycles. The molecule has 0 saturated carbocycles. The number of sulfone groups is 1. The van der Waals surface area contributed by atoms with E-state index in [1.165, 1.54) is 23.5 Å². The first-order chi connectivity index (χ1) is 15.5. The minimum atomic E-state index is -3.58. The topological polar surface area (TPSA) is 153 Å². The lowest BCUT2D eigenvalue weighted by Gasteiger charge is -2.09. The first-order valence-electron chi connectivity index (χ1n) is 10.1. The lowest BCUT2D eigenvalue weighted by Crippen LogP contribution is -2.29. The molecule has 0 fully saturated rings. The number of carbonyl (C=O) groups excluding carboxylic acids is 3. The molecule has 12 heteroatoms. The minimum absolute atomic E-state index is 0.0195. The van der Waals surface area contributed by atoms with E-state index in [0.717, 1.165) is 17.2 Å². The maximum atomic E-state index is 12.0. The Hall–Kier alpha value is -3.12. The van der Waals surface area contributed by atoms with Crippen LogP contribution in [0.4, 0.5) is 11.4 Å². The molecule has 2 N–H and O–H groups in total. The predicted molar refractivity (Wildman–Crippen MR) is 125 cm³/mol. The third-order valence-corrected chi connectivity index (χ3v) is 6.79. The first kappa shape index (κ1) is 26.1. The van der Waals surface area contributed by atoms with Gasteiger partial charge in [0.05, 0.1) is 14.7 Å². The molecule has 1 amide bonds. The van der Waals surface area contributed by atoms with Crippen LogP contribution in [0.5, 0.6) is 0 Å². The quantitative estimate of drug-likeness (QED) is 0.186. The molecule has 2 rings (SSSR count). The van der Waals surface area contributed by atoms with Crippen LogP contribution in [0.1, 0.15) is 40.2 Å². The SMILES string of the molecule is Cc1ccc(C(=O)CCC(=O)CCC(=O)NCCNc2ccc(S(C)(=O)=O)cc2[N+](=O)[O-])s1. The molecule has 2 aromatic rings. The highest BCUT2D eigenvalue weighted by molar-refractivity contribution is 7.90. The van der Waals surface area contributed by atoms with E-state index in [-0.39, 0.29) is 72.5 Å². The molecule has 0 radical (unpaired) electrons. The molecule has 33 heavy (non-hydrogen) atoms. The fourth-order valence-electron chi connectivity index (χ4n) is 2.87. The Morgan fingerprint density at radius 2 is 1.73 bits per heavy atom. The Bertz CT molecular complexity index is 1160. The zero-order chi connectivity index (χ0) is 24.6. The standard InChI is InChI=1S/C21H25N3O7S2/c1-14-3-9-20(32-14)19(26)8-4-15(25)5-10-21(27)23-12-11-22-17-7-6-16(33(2,30)31)13-18(17)24(28)29/h3,6-7,9,13,22H,4-5,8,10-12H2,1-2H3,(H,23,27). The van der Waals surface area contributed by atoms with Gasteiger partial charge in [-0.1, -0.05) is 0 Å². The van der Waals surface area contributed by atoms with Gasteiger partial charge in [-0.15, -0.1) is 11.3 Å². The number of rotatable bonds is 13. The highest BCUT2D eigenvalue weighted by Crippen LogP contribution is 2.27. The largest absolute Gasteiger partial charge is 0.378 e. The summed E-state index contributed by atoms with van der Waals surface area (Å²) in [7, 11) is -3.58. The van der Waals surface area contributed by atoms with Gasteiger partial charge < -0.3 is 10.6 Å². The summed E-state index contributed by atoms with van der Waals surface area (Å²) < 4.78 is 23.1. The second-order valence-electron chi connectivity index (χ2n) is 7.36. The summed E-state index contributed by atoms with van der Waals surface area (Å²) in [6.07, 6.45) is 1.16. The molecule has 178 valence electrons. The van der Waals surface area contributed by atoms with Gasteiger partial charge in [-0.05, 0) is 31.2 Å². The van der Waals surface area contributed by atoms with Gasteiger partial charge in [0.15, 0.2) is 15.6 Å². The Balaban J connectivity index is 1.71. The molecule has 10 nitrogen and oxygen atoms in total. The van der Waals surface area contributed by atoms with Gasteiger partial charge in [-0.2, -0.15) is 0 Å². The van der Waals surface area contributed by atoms with Crippen molar-refractivity contribution in [3.05, 3.63) is 50.2 Å². The summed E-state index contributed by atoms with van der Waals surface area (Å²) in [4.78, 5) is 47.9. The number of nitrogens with one attached hydrogen (secondary N) is 2. The highest BCUT2D eigenvalue weighted by atomic mass is 32.2. The lowest BCUT2D eigenvalue weighted by molar-refractivity contribution is -0.384. The van der Waals surface area contributed by atoms with Crippen molar-refractivity contribution in [2.24, 2.45) is 0 Å². The number of aryl methyl sites for hydroxylation is 1. The Labute approximate surface area is 195 Å². The lowest BCUT2D eigenvalue weighted by atomic mass is 10.1.